The SMILES string of the molecule is Nc1scc(-c2ccc3ccccc3c2)c1C(=O)NC1CCCC1. The zero-order chi connectivity index (χ0) is 16.5. The Morgan fingerprint density at radius 3 is 2.62 bits per heavy atom. The third-order valence-electron chi connectivity index (χ3n) is 4.80. The number of carbonyl (C=O) groups excluding carboxylic acids is 1. The molecule has 1 aliphatic carbocycles. The van der Waals surface area contributed by atoms with E-state index >= 15 is 0 Å². The Bertz CT molecular complexity index is 894. The predicted molar refractivity (Wildman–Crippen MR) is 101 cm³/mol. The second kappa shape index (κ2) is 6.29. The van der Waals surface area contributed by atoms with Gasteiger partial charge >= 0.3 is 0 Å². The van der Waals surface area contributed by atoms with Gasteiger partial charge in [-0.05, 0) is 35.2 Å². The molecule has 0 bridgehead atoms. The van der Waals surface area contributed by atoms with E-state index in [9.17, 15) is 4.79 Å². The number of hydrogen-bond acceptors (Lipinski definition) is 3. The zero-order valence-electron chi connectivity index (χ0n) is 13.4. The van der Waals surface area contributed by atoms with Gasteiger partial charge in [-0.25, -0.2) is 0 Å². The molecule has 1 fully saturated rings. The number of rotatable bonds is 3. The maximum atomic E-state index is 12.8. The average Bonchev–Trinajstić information content (AvgIpc) is 3.24. The minimum Gasteiger partial charge on any atom is -0.390 e. The first-order valence-corrected chi connectivity index (χ1v) is 9.27. The highest BCUT2D eigenvalue weighted by Gasteiger charge is 2.23. The first kappa shape index (κ1) is 15.2. The van der Waals surface area contributed by atoms with E-state index in [1.165, 1.54) is 35.0 Å². The van der Waals surface area contributed by atoms with Crippen molar-refractivity contribution in [3.63, 3.8) is 0 Å². The van der Waals surface area contributed by atoms with Crippen molar-refractivity contribution in [2.45, 2.75) is 31.7 Å². The molecule has 0 spiro atoms. The van der Waals surface area contributed by atoms with E-state index in [2.05, 4.69) is 35.6 Å². The van der Waals surface area contributed by atoms with Gasteiger partial charge in [-0.1, -0.05) is 49.2 Å². The monoisotopic (exact) mass is 336 g/mol. The summed E-state index contributed by atoms with van der Waals surface area (Å²) < 4.78 is 0. The summed E-state index contributed by atoms with van der Waals surface area (Å²) in [4.78, 5) is 12.8. The van der Waals surface area contributed by atoms with Gasteiger partial charge in [0.1, 0.15) is 0 Å². The van der Waals surface area contributed by atoms with Gasteiger partial charge in [-0.15, -0.1) is 11.3 Å². The molecule has 0 atom stereocenters. The van der Waals surface area contributed by atoms with Crippen LogP contribution in [0.4, 0.5) is 5.00 Å². The molecule has 0 unspecified atom stereocenters. The van der Waals surface area contributed by atoms with Crippen molar-refractivity contribution >= 4 is 33.0 Å². The smallest absolute Gasteiger partial charge is 0.255 e. The van der Waals surface area contributed by atoms with Gasteiger partial charge in [-0.2, -0.15) is 0 Å². The topological polar surface area (TPSA) is 55.1 Å². The number of anilines is 1. The average molecular weight is 336 g/mol. The number of thiophene rings is 1. The highest BCUT2D eigenvalue weighted by Crippen LogP contribution is 2.35. The molecular formula is C20H20N2OS. The molecule has 122 valence electrons. The molecule has 4 heteroatoms. The Labute approximate surface area is 145 Å². The lowest BCUT2D eigenvalue weighted by molar-refractivity contribution is 0.0940. The first-order valence-electron chi connectivity index (χ1n) is 8.39. The summed E-state index contributed by atoms with van der Waals surface area (Å²) in [5.41, 5.74) is 8.72. The first-order chi connectivity index (χ1) is 11.7. The van der Waals surface area contributed by atoms with Crippen LogP contribution in [0.15, 0.2) is 47.8 Å². The van der Waals surface area contributed by atoms with Crippen LogP contribution in [-0.4, -0.2) is 11.9 Å². The predicted octanol–water partition coefficient (Wildman–Crippen LogP) is 4.82. The second-order valence-electron chi connectivity index (χ2n) is 6.41. The molecule has 1 amide bonds. The Morgan fingerprint density at radius 2 is 1.83 bits per heavy atom. The van der Waals surface area contributed by atoms with E-state index in [-0.39, 0.29) is 5.91 Å². The van der Waals surface area contributed by atoms with Crippen LogP contribution in [0.2, 0.25) is 0 Å². The minimum atomic E-state index is -0.0381. The van der Waals surface area contributed by atoms with Crippen LogP contribution in [0.3, 0.4) is 0 Å². The zero-order valence-corrected chi connectivity index (χ0v) is 14.2. The van der Waals surface area contributed by atoms with Gasteiger partial charge in [0.05, 0.1) is 10.6 Å². The molecule has 3 aromatic rings. The number of carbonyl (C=O) groups is 1. The number of amides is 1. The van der Waals surface area contributed by atoms with Crippen molar-refractivity contribution in [1.29, 1.82) is 0 Å². The van der Waals surface area contributed by atoms with Crippen LogP contribution in [0.5, 0.6) is 0 Å². The molecule has 2 aromatic carbocycles. The van der Waals surface area contributed by atoms with Crippen molar-refractivity contribution in [2.24, 2.45) is 0 Å². The fourth-order valence-corrected chi connectivity index (χ4v) is 4.32. The molecule has 24 heavy (non-hydrogen) atoms. The molecule has 1 heterocycles. The normalized spacial score (nSPS) is 15.0. The summed E-state index contributed by atoms with van der Waals surface area (Å²) in [5, 5.41) is 8.10. The van der Waals surface area contributed by atoms with Gasteiger partial charge in [-0.3, -0.25) is 4.79 Å². The maximum Gasteiger partial charge on any atom is 0.255 e. The molecule has 1 aromatic heterocycles. The van der Waals surface area contributed by atoms with Gasteiger partial charge in [0, 0.05) is 17.0 Å². The van der Waals surface area contributed by atoms with Crippen molar-refractivity contribution in [1.82, 2.24) is 5.32 Å². The number of benzene rings is 2. The van der Waals surface area contributed by atoms with E-state index in [0.29, 0.717) is 16.6 Å². The van der Waals surface area contributed by atoms with Crippen molar-refractivity contribution in [3.05, 3.63) is 53.4 Å². The van der Waals surface area contributed by atoms with Crippen LogP contribution in [0, 0.1) is 0 Å². The molecule has 3 nitrogen and oxygen atoms in total. The molecule has 1 aliphatic rings. The molecule has 0 aliphatic heterocycles. The Hall–Kier alpha value is -2.33. The second-order valence-corrected chi connectivity index (χ2v) is 7.32. The third-order valence-corrected chi connectivity index (χ3v) is 5.61. The van der Waals surface area contributed by atoms with Gasteiger partial charge < -0.3 is 11.1 Å². The molecule has 0 radical (unpaired) electrons. The van der Waals surface area contributed by atoms with Crippen LogP contribution in [-0.2, 0) is 0 Å². The summed E-state index contributed by atoms with van der Waals surface area (Å²) in [6.45, 7) is 0. The van der Waals surface area contributed by atoms with Crippen LogP contribution < -0.4 is 11.1 Å². The molecule has 4 rings (SSSR count). The highest BCUT2D eigenvalue weighted by atomic mass is 32.1. The summed E-state index contributed by atoms with van der Waals surface area (Å²) in [6.07, 6.45) is 4.53. The fraction of sp³-hybridized carbons (Fsp3) is 0.250. The number of nitrogen functional groups attached to an aromatic ring is 1. The van der Waals surface area contributed by atoms with E-state index in [1.807, 2.05) is 17.5 Å². The summed E-state index contributed by atoms with van der Waals surface area (Å²) >= 11 is 1.43. The molecular weight excluding hydrogens is 316 g/mol. The van der Waals surface area contributed by atoms with Crippen LogP contribution in [0.25, 0.3) is 21.9 Å². The van der Waals surface area contributed by atoms with E-state index < -0.39 is 0 Å². The Balaban J connectivity index is 1.71. The van der Waals surface area contributed by atoms with Gasteiger partial charge in [0.15, 0.2) is 0 Å². The maximum absolute atomic E-state index is 12.8. The summed E-state index contributed by atoms with van der Waals surface area (Å²) in [5.74, 6) is -0.0381. The fourth-order valence-electron chi connectivity index (χ4n) is 3.50. The van der Waals surface area contributed by atoms with E-state index in [0.717, 1.165) is 24.0 Å². The third kappa shape index (κ3) is 2.78. The van der Waals surface area contributed by atoms with Gasteiger partial charge in [0.2, 0.25) is 0 Å². The molecule has 3 N–H and O–H groups in total. The lowest BCUT2D eigenvalue weighted by atomic mass is 9.99. The van der Waals surface area contributed by atoms with E-state index in [4.69, 9.17) is 5.73 Å². The lowest BCUT2D eigenvalue weighted by Crippen LogP contribution is -2.33. The Morgan fingerprint density at radius 1 is 1.08 bits per heavy atom. The van der Waals surface area contributed by atoms with Crippen molar-refractivity contribution < 1.29 is 4.79 Å². The van der Waals surface area contributed by atoms with E-state index in [1.54, 1.807) is 0 Å². The van der Waals surface area contributed by atoms with Gasteiger partial charge in [0.25, 0.3) is 5.91 Å². The molecule has 0 saturated heterocycles. The number of nitrogens with one attached hydrogen (secondary N) is 1. The number of nitrogens with two attached hydrogens (primary N) is 1. The quantitative estimate of drug-likeness (QED) is 0.720. The molecule has 1 saturated carbocycles. The van der Waals surface area contributed by atoms with Crippen molar-refractivity contribution in [2.75, 3.05) is 5.73 Å². The Kier molecular flexibility index (Phi) is 3.98. The highest BCUT2D eigenvalue weighted by molar-refractivity contribution is 7.15. The van der Waals surface area contributed by atoms with Crippen LogP contribution in [0.1, 0.15) is 36.0 Å². The lowest BCUT2D eigenvalue weighted by Gasteiger charge is -2.13. The summed E-state index contributed by atoms with van der Waals surface area (Å²) in [7, 11) is 0. The number of fused-ring (bicyclic) bond motifs is 1. The van der Waals surface area contributed by atoms with Crippen molar-refractivity contribution in [3.8, 4) is 11.1 Å². The standard InChI is InChI=1S/C20H20N2OS/c21-19-18(20(23)22-16-7-3-4-8-16)17(12-24-19)15-10-9-13-5-1-2-6-14(13)11-15/h1-2,5-6,9-12,16H,3-4,7-8,21H2,(H,22,23). The van der Waals surface area contributed by atoms with Crippen LogP contribution >= 0.6 is 11.3 Å². The number of hydrogen-bond donors (Lipinski definition) is 2. The minimum absolute atomic E-state index is 0.0381. The largest absolute Gasteiger partial charge is 0.390 e. The summed E-state index contributed by atoms with van der Waals surface area (Å²) in [6, 6.07) is 14.8.